The lowest BCUT2D eigenvalue weighted by molar-refractivity contribution is 0.251. The molecular formula is C17H17ClN6O3S. The lowest BCUT2D eigenvalue weighted by Crippen LogP contribution is -2.28. The molecule has 11 heteroatoms. The third-order valence-corrected chi connectivity index (χ3v) is 4.94. The molecule has 3 aromatic rings. The molecule has 0 fully saturated rings. The average Bonchev–Trinajstić information content (AvgIpc) is 3.15. The first-order chi connectivity index (χ1) is 13.3. The van der Waals surface area contributed by atoms with Crippen molar-refractivity contribution < 1.29 is 13.2 Å². The summed E-state index contributed by atoms with van der Waals surface area (Å²) in [5, 5.41) is 18.4. The van der Waals surface area contributed by atoms with Crippen LogP contribution in [0.15, 0.2) is 59.6 Å². The quantitative estimate of drug-likeness (QED) is 0.524. The highest BCUT2D eigenvalue weighted by molar-refractivity contribution is 7.89. The van der Waals surface area contributed by atoms with E-state index >= 15 is 0 Å². The van der Waals surface area contributed by atoms with Crippen LogP contribution in [-0.4, -0.2) is 29.4 Å². The number of carbonyl (C=O) groups excluding carboxylic acids is 1. The van der Waals surface area contributed by atoms with E-state index in [2.05, 4.69) is 20.9 Å². The first kappa shape index (κ1) is 19.8. The van der Waals surface area contributed by atoms with Crippen LogP contribution >= 0.6 is 11.6 Å². The van der Waals surface area contributed by atoms with Gasteiger partial charge in [-0.3, -0.25) is 0 Å². The predicted octanol–water partition coefficient (Wildman–Crippen LogP) is 1.98. The number of amides is 2. The molecule has 3 rings (SSSR count). The Morgan fingerprint density at radius 1 is 1.18 bits per heavy atom. The monoisotopic (exact) mass is 420 g/mol. The molecular weight excluding hydrogens is 404 g/mol. The molecule has 2 aromatic carbocycles. The van der Waals surface area contributed by atoms with Gasteiger partial charge in [-0.05, 0) is 35.9 Å². The summed E-state index contributed by atoms with van der Waals surface area (Å²) in [5.74, 6) is 0.354. The smallest absolute Gasteiger partial charge is 0.319 e. The van der Waals surface area contributed by atoms with Crippen LogP contribution in [-0.2, 0) is 22.4 Å². The zero-order valence-electron chi connectivity index (χ0n) is 14.5. The molecule has 0 aliphatic heterocycles. The van der Waals surface area contributed by atoms with Gasteiger partial charge >= 0.3 is 6.03 Å². The number of rotatable bonds is 6. The van der Waals surface area contributed by atoms with Gasteiger partial charge in [0.05, 0.1) is 23.3 Å². The highest BCUT2D eigenvalue weighted by Gasteiger charge is 2.10. The second-order valence-electron chi connectivity index (χ2n) is 5.84. The van der Waals surface area contributed by atoms with E-state index in [4.69, 9.17) is 16.7 Å². The second-order valence-corrected chi connectivity index (χ2v) is 7.67. The molecule has 1 aromatic heterocycles. The van der Waals surface area contributed by atoms with Crippen LogP contribution in [0.1, 0.15) is 11.3 Å². The lowest BCUT2D eigenvalue weighted by Gasteiger charge is -2.07. The molecule has 0 unspecified atom stereocenters. The molecule has 4 N–H and O–H groups in total. The summed E-state index contributed by atoms with van der Waals surface area (Å²) in [5.41, 5.74) is 2.49. The van der Waals surface area contributed by atoms with E-state index in [-0.39, 0.29) is 11.4 Å². The number of urea groups is 1. The maximum atomic E-state index is 12.0. The molecule has 0 aliphatic rings. The molecule has 146 valence electrons. The fourth-order valence-corrected chi connectivity index (χ4v) is 3.11. The van der Waals surface area contributed by atoms with Crippen molar-refractivity contribution in [3.63, 3.8) is 0 Å². The molecule has 2 amide bonds. The number of hydrogen-bond donors (Lipinski definition) is 3. The Labute approximate surface area is 166 Å². The number of alkyl halides is 1. The SMILES string of the molecule is NS(=O)(=O)c1cccc(-n2cc(CNC(=O)Nc3cccc(CCl)c3)nn2)c1. The van der Waals surface area contributed by atoms with Crippen molar-refractivity contribution in [1.82, 2.24) is 20.3 Å². The van der Waals surface area contributed by atoms with Crippen molar-refractivity contribution in [2.45, 2.75) is 17.3 Å². The summed E-state index contributed by atoms with van der Waals surface area (Å²) in [6, 6.07) is 12.8. The van der Waals surface area contributed by atoms with Crippen LogP contribution in [0.2, 0.25) is 0 Å². The largest absolute Gasteiger partial charge is 0.332 e. The number of hydrogen-bond acceptors (Lipinski definition) is 5. The van der Waals surface area contributed by atoms with Gasteiger partial charge in [0, 0.05) is 11.6 Å². The Bertz CT molecular complexity index is 1100. The number of nitrogens with two attached hydrogens (primary N) is 1. The number of sulfonamides is 1. The highest BCUT2D eigenvalue weighted by Crippen LogP contribution is 2.14. The van der Waals surface area contributed by atoms with E-state index in [1.165, 1.54) is 16.8 Å². The van der Waals surface area contributed by atoms with Crippen LogP contribution in [0.3, 0.4) is 0 Å². The van der Waals surface area contributed by atoms with Crippen molar-refractivity contribution in [1.29, 1.82) is 0 Å². The summed E-state index contributed by atoms with van der Waals surface area (Å²) in [7, 11) is -3.82. The average molecular weight is 421 g/mol. The number of aromatic nitrogens is 3. The van der Waals surface area contributed by atoms with E-state index in [1.54, 1.807) is 36.5 Å². The van der Waals surface area contributed by atoms with Crippen molar-refractivity contribution >= 4 is 33.3 Å². The summed E-state index contributed by atoms with van der Waals surface area (Å²) in [6.07, 6.45) is 1.58. The molecule has 1 heterocycles. The van der Waals surface area contributed by atoms with Gasteiger partial charge in [-0.2, -0.15) is 0 Å². The zero-order chi connectivity index (χ0) is 20.1. The summed E-state index contributed by atoms with van der Waals surface area (Å²) in [6.45, 7) is 0.135. The molecule has 28 heavy (non-hydrogen) atoms. The van der Waals surface area contributed by atoms with Gasteiger partial charge in [-0.25, -0.2) is 23.0 Å². The standard InChI is InChI=1S/C17H17ClN6O3S/c18-9-12-3-1-4-13(7-12)21-17(25)20-10-14-11-24(23-22-14)15-5-2-6-16(8-15)28(19,26)27/h1-8,11H,9-10H2,(H2,19,26,27)(H2,20,21,25). The molecule has 9 nitrogen and oxygen atoms in total. The molecule has 0 aliphatic carbocycles. The molecule has 0 saturated heterocycles. The van der Waals surface area contributed by atoms with Crippen LogP contribution in [0.25, 0.3) is 5.69 Å². The van der Waals surface area contributed by atoms with Crippen LogP contribution in [0.4, 0.5) is 10.5 Å². The number of anilines is 1. The van der Waals surface area contributed by atoms with Crippen LogP contribution < -0.4 is 15.8 Å². The van der Waals surface area contributed by atoms with Gasteiger partial charge < -0.3 is 10.6 Å². The number of nitrogens with zero attached hydrogens (tertiary/aromatic N) is 3. The van der Waals surface area contributed by atoms with E-state index in [0.717, 1.165) is 5.56 Å². The predicted molar refractivity (Wildman–Crippen MR) is 105 cm³/mol. The second kappa shape index (κ2) is 8.38. The van der Waals surface area contributed by atoms with E-state index in [0.29, 0.717) is 22.9 Å². The normalized spacial score (nSPS) is 11.2. The number of primary sulfonamides is 1. The van der Waals surface area contributed by atoms with Gasteiger partial charge in [0.25, 0.3) is 0 Å². The van der Waals surface area contributed by atoms with Gasteiger partial charge in [0.2, 0.25) is 10.0 Å². The van der Waals surface area contributed by atoms with Gasteiger partial charge in [-0.1, -0.05) is 23.4 Å². The minimum absolute atomic E-state index is 0.0290. The molecule has 0 saturated carbocycles. The molecule has 0 spiro atoms. The Kier molecular flexibility index (Phi) is 5.93. The third-order valence-electron chi connectivity index (χ3n) is 3.72. The summed E-state index contributed by atoms with van der Waals surface area (Å²) in [4.78, 5) is 12.0. The Hall–Kier alpha value is -2.95. The fourth-order valence-electron chi connectivity index (χ4n) is 2.39. The summed E-state index contributed by atoms with van der Waals surface area (Å²) >= 11 is 5.78. The van der Waals surface area contributed by atoms with Crippen LogP contribution in [0, 0.1) is 0 Å². The zero-order valence-corrected chi connectivity index (χ0v) is 16.1. The fraction of sp³-hybridized carbons (Fsp3) is 0.118. The topological polar surface area (TPSA) is 132 Å². The van der Waals surface area contributed by atoms with E-state index < -0.39 is 16.1 Å². The first-order valence-corrected chi connectivity index (χ1v) is 10.2. The number of halogens is 1. The molecule has 0 bridgehead atoms. The number of carbonyl (C=O) groups is 1. The maximum absolute atomic E-state index is 12.0. The Morgan fingerprint density at radius 2 is 1.96 bits per heavy atom. The van der Waals surface area contributed by atoms with Crippen molar-refractivity contribution in [2.24, 2.45) is 5.14 Å². The van der Waals surface area contributed by atoms with Crippen molar-refractivity contribution in [3.8, 4) is 5.69 Å². The Balaban J connectivity index is 1.62. The van der Waals surface area contributed by atoms with Crippen molar-refractivity contribution in [2.75, 3.05) is 5.32 Å². The lowest BCUT2D eigenvalue weighted by atomic mass is 10.2. The van der Waals surface area contributed by atoms with Gasteiger partial charge in [-0.15, -0.1) is 16.7 Å². The minimum atomic E-state index is -3.82. The summed E-state index contributed by atoms with van der Waals surface area (Å²) < 4.78 is 24.3. The minimum Gasteiger partial charge on any atom is -0.332 e. The molecule has 0 atom stereocenters. The van der Waals surface area contributed by atoms with Crippen molar-refractivity contribution in [3.05, 3.63) is 66.0 Å². The Morgan fingerprint density at radius 3 is 2.71 bits per heavy atom. The molecule has 0 radical (unpaired) electrons. The van der Waals surface area contributed by atoms with E-state index in [9.17, 15) is 13.2 Å². The first-order valence-electron chi connectivity index (χ1n) is 8.09. The maximum Gasteiger partial charge on any atom is 0.319 e. The van der Waals surface area contributed by atoms with Gasteiger partial charge in [0.1, 0.15) is 5.69 Å². The van der Waals surface area contributed by atoms with Gasteiger partial charge in [0.15, 0.2) is 0 Å². The number of nitrogens with one attached hydrogen (secondary N) is 2. The third kappa shape index (κ3) is 5.06. The van der Waals surface area contributed by atoms with E-state index in [1.807, 2.05) is 6.07 Å². The number of benzene rings is 2. The highest BCUT2D eigenvalue weighted by atomic mass is 35.5. The van der Waals surface area contributed by atoms with Crippen LogP contribution in [0.5, 0.6) is 0 Å².